The van der Waals surface area contributed by atoms with Gasteiger partial charge in [0.25, 0.3) is 0 Å². The van der Waals surface area contributed by atoms with Crippen LogP contribution in [0.2, 0.25) is 0 Å². The predicted molar refractivity (Wildman–Crippen MR) is 46.3 cm³/mol. The van der Waals surface area contributed by atoms with Crippen molar-refractivity contribution in [1.29, 1.82) is 0 Å². The third-order valence-electron chi connectivity index (χ3n) is 2.71. The molecule has 1 rings (SSSR count). The average Bonchev–Trinajstić information content (AvgIpc) is 1.98. The molecule has 62 valence electrons. The largest absolute Gasteiger partial charge is 0.303 e. The van der Waals surface area contributed by atoms with Crippen LogP contribution in [0, 0.1) is 11.8 Å². The summed E-state index contributed by atoms with van der Waals surface area (Å²) in [6.45, 7) is 6.20. The minimum Gasteiger partial charge on any atom is -0.303 e. The Morgan fingerprint density at radius 1 is 1.73 bits per heavy atom. The maximum atomic E-state index is 10.3. The van der Waals surface area contributed by atoms with Crippen molar-refractivity contribution in [2.24, 2.45) is 11.8 Å². The molecule has 0 spiro atoms. The summed E-state index contributed by atoms with van der Waals surface area (Å²) in [4.78, 5) is 10.3. The summed E-state index contributed by atoms with van der Waals surface area (Å²) in [6, 6.07) is 0. The number of allylic oxidation sites excluding steroid dienone is 1. The van der Waals surface area contributed by atoms with E-state index in [0.717, 1.165) is 25.5 Å². The molecule has 1 fully saturated rings. The second kappa shape index (κ2) is 3.70. The molecule has 1 heteroatoms. The number of carbonyl (C=O) groups excluding carboxylic acids is 1. The molecule has 2 atom stereocenters. The second-order valence-corrected chi connectivity index (χ2v) is 3.63. The predicted octanol–water partition coefficient (Wildman–Crippen LogP) is 2.57. The Hall–Kier alpha value is -0.590. The van der Waals surface area contributed by atoms with Crippen molar-refractivity contribution in [1.82, 2.24) is 0 Å². The molecule has 1 nitrogen and oxygen atoms in total. The quantitative estimate of drug-likeness (QED) is 0.439. The van der Waals surface area contributed by atoms with Gasteiger partial charge in [0.15, 0.2) is 0 Å². The van der Waals surface area contributed by atoms with E-state index in [2.05, 4.69) is 13.5 Å². The molecule has 0 amide bonds. The van der Waals surface area contributed by atoms with Gasteiger partial charge < -0.3 is 4.79 Å². The second-order valence-electron chi connectivity index (χ2n) is 3.63. The van der Waals surface area contributed by atoms with Crippen LogP contribution in [-0.2, 0) is 4.79 Å². The Bertz CT molecular complexity index is 160. The molecule has 1 aliphatic rings. The van der Waals surface area contributed by atoms with Crippen LogP contribution in [0.5, 0.6) is 0 Å². The van der Waals surface area contributed by atoms with Crippen molar-refractivity contribution in [3.05, 3.63) is 12.2 Å². The van der Waals surface area contributed by atoms with Crippen LogP contribution >= 0.6 is 0 Å². The summed E-state index contributed by atoms with van der Waals surface area (Å²) in [5, 5.41) is 0. The zero-order valence-electron chi connectivity index (χ0n) is 7.18. The van der Waals surface area contributed by atoms with Crippen molar-refractivity contribution in [2.75, 3.05) is 0 Å². The number of hydrogen-bond donors (Lipinski definition) is 0. The fraction of sp³-hybridized carbons (Fsp3) is 0.700. The lowest BCUT2D eigenvalue weighted by Gasteiger charge is -2.28. The van der Waals surface area contributed by atoms with Crippen molar-refractivity contribution < 1.29 is 4.79 Å². The fourth-order valence-corrected chi connectivity index (χ4v) is 1.78. The normalized spacial score (nSPS) is 31.9. The molecular weight excluding hydrogens is 136 g/mol. The van der Waals surface area contributed by atoms with Crippen LogP contribution in [-0.4, -0.2) is 6.29 Å². The Morgan fingerprint density at radius 3 is 3.09 bits per heavy atom. The summed E-state index contributed by atoms with van der Waals surface area (Å²) in [5.74, 6) is 1.29. The Labute approximate surface area is 68.5 Å². The molecular formula is C10H16O. The van der Waals surface area contributed by atoms with Gasteiger partial charge in [-0.3, -0.25) is 0 Å². The number of carbonyl (C=O) groups is 1. The monoisotopic (exact) mass is 152 g/mol. The zero-order chi connectivity index (χ0) is 8.27. The summed E-state index contributed by atoms with van der Waals surface area (Å²) in [6.07, 6.45) is 5.22. The van der Waals surface area contributed by atoms with E-state index in [1.807, 2.05) is 0 Å². The van der Waals surface area contributed by atoms with Crippen LogP contribution in [0.3, 0.4) is 0 Å². The molecule has 11 heavy (non-hydrogen) atoms. The average molecular weight is 152 g/mol. The molecule has 0 aromatic heterocycles. The van der Waals surface area contributed by atoms with Gasteiger partial charge in [-0.25, -0.2) is 0 Å². The van der Waals surface area contributed by atoms with Crippen LogP contribution in [0.1, 0.15) is 32.6 Å². The van der Waals surface area contributed by atoms with Crippen LogP contribution in [0.15, 0.2) is 12.2 Å². The molecule has 1 saturated carbocycles. The molecule has 0 aromatic carbocycles. The van der Waals surface area contributed by atoms with Gasteiger partial charge >= 0.3 is 0 Å². The lowest BCUT2D eigenvalue weighted by Crippen LogP contribution is -2.18. The smallest absolute Gasteiger partial charge is 0.120 e. The molecule has 0 aliphatic heterocycles. The standard InChI is InChI=1S/C10H16O/c1-8-3-4-9(2)10(7-8)5-6-11/h6,9-10H,1,3-5,7H2,2H3. The van der Waals surface area contributed by atoms with Gasteiger partial charge in [-0.15, -0.1) is 0 Å². The first-order chi connectivity index (χ1) is 5.24. The summed E-state index contributed by atoms with van der Waals surface area (Å²) in [7, 11) is 0. The molecule has 1 aliphatic carbocycles. The SMILES string of the molecule is C=C1CCC(C)C(CC=O)C1. The van der Waals surface area contributed by atoms with Crippen LogP contribution in [0.25, 0.3) is 0 Å². The van der Waals surface area contributed by atoms with E-state index in [0.29, 0.717) is 11.8 Å². The topological polar surface area (TPSA) is 17.1 Å². The van der Waals surface area contributed by atoms with Gasteiger partial charge in [-0.1, -0.05) is 19.1 Å². The molecule has 0 saturated heterocycles. The van der Waals surface area contributed by atoms with Crippen LogP contribution in [0.4, 0.5) is 0 Å². The number of aldehydes is 1. The lowest BCUT2D eigenvalue weighted by molar-refractivity contribution is -0.109. The minimum atomic E-state index is 0.578. The maximum absolute atomic E-state index is 10.3. The van der Waals surface area contributed by atoms with Gasteiger partial charge in [0.2, 0.25) is 0 Å². The fourth-order valence-electron chi connectivity index (χ4n) is 1.78. The Balaban J connectivity index is 2.46. The molecule has 0 N–H and O–H groups in total. The molecule has 0 heterocycles. The molecule has 0 aromatic rings. The summed E-state index contributed by atoms with van der Waals surface area (Å²) < 4.78 is 0. The molecule has 0 radical (unpaired) electrons. The van der Waals surface area contributed by atoms with E-state index in [-0.39, 0.29) is 0 Å². The van der Waals surface area contributed by atoms with E-state index in [9.17, 15) is 4.79 Å². The van der Waals surface area contributed by atoms with Gasteiger partial charge in [-0.2, -0.15) is 0 Å². The van der Waals surface area contributed by atoms with Crippen molar-refractivity contribution in [2.45, 2.75) is 32.6 Å². The van der Waals surface area contributed by atoms with Crippen molar-refractivity contribution in [3.63, 3.8) is 0 Å². The molecule has 2 unspecified atom stereocenters. The number of rotatable bonds is 2. The van der Waals surface area contributed by atoms with E-state index < -0.39 is 0 Å². The van der Waals surface area contributed by atoms with Crippen molar-refractivity contribution in [3.8, 4) is 0 Å². The summed E-state index contributed by atoms with van der Waals surface area (Å²) in [5.41, 5.74) is 1.33. The highest BCUT2D eigenvalue weighted by Gasteiger charge is 2.22. The highest BCUT2D eigenvalue weighted by molar-refractivity contribution is 5.50. The summed E-state index contributed by atoms with van der Waals surface area (Å²) >= 11 is 0. The zero-order valence-corrected chi connectivity index (χ0v) is 7.18. The van der Waals surface area contributed by atoms with Crippen LogP contribution < -0.4 is 0 Å². The van der Waals surface area contributed by atoms with Gasteiger partial charge in [-0.05, 0) is 31.1 Å². The first-order valence-electron chi connectivity index (χ1n) is 4.34. The first kappa shape index (κ1) is 8.51. The van der Waals surface area contributed by atoms with E-state index in [1.54, 1.807) is 0 Å². The highest BCUT2D eigenvalue weighted by Crippen LogP contribution is 2.33. The third-order valence-corrected chi connectivity index (χ3v) is 2.71. The van der Waals surface area contributed by atoms with Gasteiger partial charge in [0, 0.05) is 6.42 Å². The lowest BCUT2D eigenvalue weighted by atomic mass is 9.77. The first-order valence-corrected chi connectivity index (χ1v) is 4.34. The third kappa shape index (κ3) is 2.18. The number of hydrogen-bond acceptors (Lipinski definition) is 1. The van der Waals surface area contributed by atoms with Gasteiger partial charge in [0.05, 0.1) is 0 Å². The molecule has 0 bridgehead atoms. The van der Waals surface area contributed by atoms with E-state index in [4.69, 9.17) is 0 Å². The highest BCUT2D eigenvalue weighted by atomic mass is 16.1. The van der Waals surface area contributed by atoms with Gasteiger partial charge in [0.1, 0.15) is 6.29 Å². The minimum absolute atomic E-state index is 0.578. The van der Waals surface area contributed by atoms with Crippen molar-refractivity contribution >= 4 is 6.29 Å². The maximum Gasteiger partial charge on any atom is 0.120 e. The Morgan fingerprint density at radius 2 is 2.45 bits per heavy atom. The van der Waals surface area contributed by atoms with E-state index in [1.165, 1.54) is 12.0 Å². The van der Waals surface area contributed by atoms with E-state index >= 15 is 0 Å². The Kier molecular flexibility index (Phi) is 2.86.